The van der Waals surface area contributed by atoms with Gasteiger partial charge in [0.2, 0.25) is 0 Å². The highest BCUT2D eigenvalue weighted by molar-refractivity contribution is 6.32. The first-order chi connectivity index (χ1) is 26.1. The second kappa shape index (κ2) is 18.0. The van der Waals surface area contributed by atoms with E-state index in [0.717, 1.165) is 78.4 Å². The highest BCUT2D eigenvalue weighted by atomic mass is 35.5. The Kier molecular flexibility index (Phi) is 13.1. The molecule has 0 aliphatic carbocycles. The molecule has 2 saturated heterocycles. The van der Waals surface area contributed by atoms with E-state index in [2.05, 4.69) is 47.2 Å². The van der Waals surface area contributed by atoms with Crippen LogP contribution in [0.25, 0.3) is 11.1 Å². The molecule has 0 saturated carbocycles. The zero-order chi connectivity index (χ0) is 38.1. The normalized spacial score (nSPS) is 16.6. The van der Waals surface area contributed by atoms with Crippen LogP contribution in [-0.2, 0) is 29.3 Å². The van der Waals surface area contributed by atoms with Crippen LogP contribution in [0.15, 0.2) is 73.1 Å². The van der Waals surface area contributed by atoms with E-state index in [9.17, 15) is 15.0 Å². The molecule has 11 heteroatoms. The van der Waals surface area contributed by atoms with Gasteiger partial charge < -0.3 is 34.1 Å². The lowest BCUT2D eigenvalue weighted by atomic mass is 9.78. The van der Waals surface area contributed by atoms with Crippen molar-refractivity contribution in [3.8, 4) is 28.4 Å². The molecule has 1 spiro atoms. The molecule has 10 nitrogen and oxygen atoms in total. The lowest BCUT2D eigenvalue weighted by Crippen LogP contribution is -2.52. The molecule has 2 aliphatic heterocycles. The van der Waals surface area contributed by atoms with E-state index in [0.29, 0.717) is 34.1 Å². The summed E-state index contributed by atoms with van der Waals surface area (Å²) in [5.41, 5.74) is 5.79. The van der Waals surface area contributed by atoms with E-state index in [1.807, 2.05) is 30.3 Å². The van der Waals surface area contributed by atoms with Gasteiger partial charge in [-0.05, 0) is 111 Å². The van der Waals surface area contributed by atoms with Crippen molar-refractivity contribution in [2.45, 2.75) is 71.8 Å². The van der Waals surface area contributed by atoms with Gasteiger partial charge in [-0.15, -0.1) is 0 Å². The smallest absolute Gasteiger partial charge is 0.326 e. The standard InChI is InChI=1S/C43H52ClN3O7/c1-30-33(27-54-40-23-39(53-26-32-8-6-16-45-24-32)34(22-37(40)44)25-46-42(3,28-48)41(49)50)9-4-10-35(30)36-11-5-12-38(31(36)2)52-20-7-17-47-18-13-43(14-19-47)15-21-51-29-43/h4-6,8-12,16,22-24,46,48H,7,13-15,17-21,25-29H2,1-3H3,(H,49,50). The summed E-state index contributed by atoms with van der Waals surface area (Å²) in [6.45, 7) is 11.5. The average Bonchev–Trinajstić information content (AvgIpc) is 3.64. The van der Waals surface area contributed by atoms with Gasteiger partial charge in [0.25, 0.3) is 0 Å². The molecule has 3 aromatic carbocycles. The molecule has 288 valence electrons. The first-order valence-corrected chi connectivity index (χ1v) is 19.2. The quantitative estimate of drug-likeness (QED) is 0.0942. The third kappa shape index (κ3) is 9.54. The van der Waals surface area contributed by atoms with E-state index in [-0.39, 0.29) is 19.8 Å². The average molecular weight is 758 g/mol. The number of rotatable bonds is 17. The number of aliphatic hydroxyl groups is 1. The number of likely N-dealkylation sites (tertiary alicyclic amines) is 1. The van der Waals surface area contributed by atoms with Crippen LogP contribution in [-0.4, -0.2) is 77.7 Å². The Morgan fingerprint density at radius 3 is 2.41 bits per heavy atom. The van der Waals surface area contributed by atoms with Crippen molar-refractivity contribution < 1.29 is 34.0 Å². The molecule has 0 bridgehead atoms. The van der Waals surface area contributed by atoms with E-state index >= 15 is 0 Å². The van der Waals surface area contributed by atoms with Gasteiger partial charge in [-0.1, -0.05) is 48.0 Å². The van der Waals surface area contributed by atoms with Crippen molar-refractivity contribution in [2.24, 2.45) is 5.41 Å². The lowest BCUT2D eigenvalue weighted by Gasteiger charge is -2.38. The summed E-state index contributed by atoms with van der Waals surface area (Å²) < 4.78 is 24.6. The molecule has 0 radical (unpaired) electrons. The predicted molar refractivity (Wildman–Crippen MR) is 209 cm³/mol. The summed E-state index contributed by atoms with van der Waals surface area (Å²) in [4.78, 5) is 18.5. The Morgan fingerprint density at radius 1 is 0.944 bits per heavy atom. The zero-order valence-electron chi connectivity index (χ0n) is 31.5. The van der Waals surface area contributed by atoms with E-state index < -0.39 is 18.1 Å². The Morgan fingerprint density at radius 2 is 1.70 bits per heavy atom. The Balaban J connectivity index is 1.11. The van der Waals surface area contributed by atoms with Crippen LogP contribution in [0.2, 0.25) is 5.02 Å². The molecular formula is C43H52ClN3O7. The maximum Gasteiger partial charge on any atom is 0.326 e. The monoisotopic (exact) mass is 757 g/mol. The van der Waals surface area contributed by atoms with Gasteiger partial charge in [0, 0.05) is 49.3 Å². The van der Waals surface area contributed by atoms with Crippen LogP contribution < -0.4 is 19.5 Å². The Labute approximate surface area is 323 Å². The number of carboxylic acids is 1. The highest BCUT2D eigenvalue weighted by Gasteiger charge is 2.37. The van der Waals surface area contributed by atoms with Crippen molar-refractivity contribution in [2.75, 3.05) is 46.1 Å². The number of aliphatic carboxylic acids is 1. The van der Waals surface area contributed by atoms with Crippen LogP contribution in [0.1, 0.15) is 60.4 Å². The number of carboxylic acid groups (broad SMARTS) is 1. The fourth-order valence-electron chi connectivity index (χ4n) is 7.21. The molecule has 1 unspecified atom stereocenters. The Hall–Kier alpha value is -4.19. The first kappa shape index (κ1) is 39.5. The van der Waals surface area contributed by atoms with Crippen molar-refractivity contribution in [3.63, 3.8) is 0 Å². The number of nitrogens with zero attached hydrogens (tertiary/aromatic N) is 2. The fraction of sp³-hybridized carbons (Fsp3) is 0.442. The number of halogens is 1. The summed E-state index contributed by atoms with van der Waals surface area (Å²) in [6.07, 6.45) is 8.08. The third-order valence-corrected chi connectivity index (χ3v) is 11.4. The summed E-state index contributed by atoms with van der Waals surface area (Å²) in [7, 11) is 0. The number of aromatic nitrogens is 1. The van der Waals surface area contributed by atoms with Crippen LogP contribution >= 0.6 is 11.6 Å². The number of aliphatic hydroxyl groups excluding tert-OH is 1. The summed E-state index contributed by atoms with van der Waals surface area (Å²) in [6, 6.07) is 19.6. The summed E-state index contributed by atoms with van der Waals surface area (Å²) in [5.74, 6) is 0.630. The number of pyridine rings is 1. The molecule has 2 aliphatic rings. The number of hydrogen-bond acceptors (Lipinski definition) is 9. The molecule has 4 aromatic rings. The molecular weight excluding hydrogens is 706 g/mol. The number of hydrogen-bond donors (Lipinski definition) is 3. The number of benzene rings is 3. The SMILES string of the molecule is Cc1c(COc2cc(OCc3cccnc3)c(CNC(C)(CO)C(=O)O)cc2Cl)cccc1-c1cccc(OCCCN2CCC3(CCOC3)CC2)c1C. The third-order valence-electron chi connectivity index (χ3n) is 11.1. The first-order valence-electron chi connectivity index (χ1n) is 18.8. The molecule has 3 heterocycles. The minimum Gasteiger partial charge on any atom is -0.493 e. The maximum absolute atomic E-state index is 11.8. The molecule has 1 atom stereocenters. The summed E-state index contributed by atoms with van der Waals surface area (Å²) in [5, 5.41) is 22.7. The van der Waals surface area contributed by atoms with Crippen molar-refractivity contribution >= 4 is 17.6 Å². The zero-order valence-corrected chi connectivity index (χ0v) is 32.3. The van der Waals surface area contributed by atoms with E-state index in [1.54, 1.807) is 24.5 Å². The minimum absolute atomic E-state index is 0.0875. The molecule has 0 amide bonds. The molecule has 54 heavy (non-hydrogen) atoms. The van der Waals surface area contributed by atoms with Crippen LogP contribution in [0.3, 0.4) is 0 Å². The highest BCUT2D eigenvalue weighted by Crippen LogP contribution is 2.39. The topological polar surface area (TPSA) is 123 Å². The maximum atomic E-state index is 11.8. The van der Waals surface area contributed by atoms with Gasteiger partial charge in [-0.3, -0.25) is 15.1 Å². The van der Waals surface area contributed by atoms with E-state index in [1.165, 1.54) is 26.2 Å². The van der Waals surface area contributed by atoms with Crippen LogP contribution in [0.5, 0.6) is 17.2 Å². The van der Waals surface area contributed by atoms with E-state index in [4.69, 9.17) is 30.5 Å². The molecule has 2 fully saturated rings. The second-order valence-electron chi connectivity index (χ2n) is 14.8. The van der Waals surface area contributed by atoms with Gasteiger partial charge in [0.1, 0.15) is 36.0 Å². The predicted octanol–water partition coefficient (Wildman–Crippen LogP) is 7.37. The fourth-order valence-corrected chi connectivity index (χ4v) is 7.45. The van der Waals surface area contributed by atoms with Gasteiger partial charge in [0.05, 0.1) is 24.8 Å². The van der Waals surface area contributed by atoms with Gasteiger partial charge in [0.15, 0.2) is 0 Å². The molecule has 1 aromatic heterocycles. The largest absolute Gasteiger partial charge is 0.493 e. The minimum atomic E-state index is -1.54. The number of carbonyl (C=O) groups is 1. The van der Waals surface area contributed by atoms with Gasteiger partial charge >= 0.3 is 5.97 Å². The molecule has 3 N–H and O–H groups in total. The second-order valence-corrected chi connectivity index (χ2v) is 15.2. The van der Waals surface area contributed by atoms with Crippen molar-refractivity contribution in [1.82, 2.24) is 15.2 Å². The van der Waals surface area contributed by atoms with Crippen molar-refractivity contribution in [3.05, 3.63) is 106 Å². The number of piperidine rings is 1. The molecule has 6 rings (SSSR count). The number of ether oxygens (including phenoxy) is 4. The Bertz CT molecular complexity index is 1870. The lowest BCUT2D eigenvalue weighted by molar-refractivity contribution is -0.145. The van der Waals surface area contributed by atoms with Crippen LogP contribution in [0.4, 0.5) is 0 Å². The number of nitrogens with one attached hydrogen (secondary N) is 1. The van der Waals surface area contributed by atoms with Gasteiger partial charge in [-0.2, -0.15) is 0 Å². The summed E-state index contributed by atoms with van der Waals surface area (Å²) >= 11 is 6.75. The van der Waals surface area contributed by atoms with Crippen LogP contribution in [0, 0.1) is 19.3 Å². The van der Waals surface area contributed by atoms with Crippen molar-refractivity contribution in [1.29, 1.82) is 0 Å². The van der Waals surface area contributed by atoms with Gasteiger partial charge in [-0.25, -0.2) is 0 Å².